The highest BCUT2D eigenvalue weighted by Gasteiger charge is 2.13. The quantitative estimate of drug-likeness (QED) is 0.682. The van der Waals surface area contributed by atoms with Gasteiger partial charge in [0.1, 0.15) is 0 Å². The third-order valence-electron chi connectivity index (χ3n) is 3.16. The lowest BCUT2D eigenvalue weighted by molar-refractivity contribution is 0.507. The minimum Gasteiger partial charge on any atom is -0.315 e. The van der Waals surface area contributed by atoms with Crippen molar-refractivity contribution in [3.05, 3.63) is 29.8 Å². The van der Waals surface area contributed by atoms with Crippen molar-refractivity contribution in [1.82, 2.24) is 10.6 Å². The second kappa shape index (κ2) is 8.39. The average Bonchev–Trinajstić information content (AvgIpc) is 2.42. The van der Waals surface area contributed by atoms with Crippen LogP contribution in [0.4, 0.5) is 0 Å². The van der Waals surface area contributed by atoms with Crippen molar-refractivity contribution < 1.29 is 8.42 Å². The summed E-state index contributed by atoms with van der Waals surface area (Å²) in [6.07, 6.45) is 0.632. The van der Waals surface area contributed by atoms with Gasteiger partial charge in [0.05, 0.1) is 10.6 Å². The summed E-state index contributed by atoms with van der Waals surface area (Å²) in [6.45, 7) is 8.69. The maximum Gasteiger partial charge on any atom is 0.178 e. The molecule has 0 aliphatic heterocycles. The molecule has 2 N–H and O–H groups in total. The van der Waals surface area contributed by atoms with E-state index >= 15 is 0 Å². The number of hydrogen-bond donors (Lipinski definition) is 2. The smallest absolute Gasteiger partial charge is 0.178 e. The van der Waals surface area contributed by atoms with E-state index in [2.05, 4.69) is 24.5 Å². The zero-order chi connectivity index (χ0) is 15.0. The summed E-state index contributed by atoms with van der Waals surface area (Å²) in [5.74, 6) is 0.191. The highest BCUT2D eigenvalue weighted by molar-refractivity contribution is 7.91. The third kappa shape index (κ3) is 6.03. The van der Waals surface area contributed by atoms with Crippen LogP contribution in [-0.4, -0.2) is 39.8 Å². The predicted octanol–water partition coefficient (Wildman–Crippen LogP) is 1.75. The van der Waals surface area contributed by atoms with Gasteiger partial charge in [0.2, 0.25) is 0 Å². The Morgan fingerprint density at radius 3 is 2.45 bits per heavy atom. The second-order valence-corrected chi connectivity index (χ2v) is 7.26. The molecule has 0 radical (unpaired) electrons. The molecule has 4 nitrogen and oxygen atoms in total. The van der Waals surface area contributed by atoms with Crippen LogP contribution in [-0.2, 0) is 9.84 Å². The number of likely N-dealkylation sites (N-methyl/N-ethyl adjacent to an activating group) is 1. The molecule has 0 aliphatic carbocycles. The van der Waals surface area contributed by atoms with E-state index in [1.165, 1.54) is 0 Å². The molecule has 0 fully saturated rings. The molecule has 0 amide bonds. The van der Waals surface area contributed by atoms with Gasteiger partial charge >= 0.3 is 0 Å². The molecule has 1 atom stereocenters. The lowest BCUT2D eigenvalue weighted by Gasteiger charge is -2.13. The fraction of sp³-hybridized carbons (Fsp3) is 0.600. The number of hydrogen-bond acceptors (Lipinski definition) is 4. The van der Waals surface area contributed by atoms with Gasteiger partial charge in [-0.3, -0.25) is 0 Å². The summed E-state index contributed by atoms with van der Waals surface area (Å²) in [6, 6.07) is 7.41. The lowest BCUT2D eigenvalue weighted by Crippen LogP contribution is -2.37. The molecule has 0 aromatic heterocycles. The number of benzene rings is 1. The first-order valence-electron chi connectivity index (χ1n) is 7.19. The molecule has 0 aliphatic rings. The number of aryl methyl sites for hydroxylation is 1. The molecule has 1 unspecified atom stereocenters. The molecule has 1 aromatic rings. The number of sulfone groups is 1. The van der Waals surface area contributed by atoms with E-state index in [1.54, 1.807) is 12.1 Å². The Labute approximate surface area is 122 Å². The fourth-order valence-electron chi connectivity index (χ4n) is 1.91. The number of rotatable bonds is 9. The van der Waals surface area contributed by atoms with Gasteiger partial charge in [-0.25, -0.2) is 8.42 Å². The maximum atomic E-state index is 12.1. The Morgan fingerprint density at radius 2 is 1.85 bits per heavy atom. The average molecular weight is 298 g/mol. The summed E-state index contributed by atoms with van der Waals surface area (Å²) < 4.78 is 24.2. The summed E-state index contributed by atoms with van der Waals surface area (Å²) in [7, 11) is -3.15. The van der Waals surface area contributed by atoms with Gasteiger partial charge < -0.3 is 10.6 Å². The van der Waals surface area contributed by atoms with Crippen molar-refractivity contribution in [3.8, 4) is 0 Å². The topological polar surface area (TPSA) is 58.2 Å². The first-order valence-corrected chi connectivity index (χ1v) is 8.84. The van der Waals surface area contributed by atoms with Crippen LogP contribution in [0.5, 0.6) is 0 Å². The monoisotopic (exact) mass is 298 g/mol. The molecule has 5 heteroatoms. The summed E-state index contributed by atoms with van der Waals surface area (Å²) in [4.78, 5) is 0.420. The van der Waals surface area contributed by atoms with Crippen LogP contribution in [0.1, 0.15) is 25.8 Å². The van der Waals surface area contributed by atoms with Crippen molar-refractivity contribution in [2.45, 2.75) is 38.1 Å². The molecule has 1 aromatic carbocycles. The van der Waals surface area contributed by atoms with Gasteiger partial charge in [-0.15, -0.1) is 0 Å². The second-order valence-electron chi connectivity index (χ2n) is 5.15. The van der Waals surface area contributed by atoms with Crippen LogP contribution in [0.15, 0.2) is 29.2 Å². The third-order valence-corrected chi connectivity index (χ3v) is 4.98. The SMILES string of the molecule is CCNCC(C)NCCCS(=O)(=O)c1ccc(C)cc1. The molecule has 0 bridgehead atoms. The molecule has 0 heterocycles. The molecule has 0 saturated heterocycles. The summed E-state index contributed by atoms with van der Waals surface area (Å²) in [5, 5.41) is 6.58. The van der Waals surface area contributed by atoms with Crippen LogP contribution in [0, 0.1) is 6.92 Å². The Morgan fingerprint density at radius 1 is 1.20 bits per heavy atom. The fourth-order valence-corrected chi connectivity index (χ4v) is 3.22. The van der Waals surface area contributed by atoms with Gasteiger partial charge in [0.15, 0.2) is 9.84 Å². The molecule has 20 heavy (non-hydrogen) atoms. The molecule has 0 saturated carbocycles. The molecular weight excluding hydrogens is 272 g/mol. The lowest BCUT2D eigenvalue weighted by atomic mass is 10.2. The van der Waals surface area contributed by atoms with Crippen LogP contribution >= 0.6 is 0 Å². The standard InChI is InChI=1S/C15H26N2O2S/c1-4-16-12-14(3)17-10-5-11-20(18,19)15-8-6-13(2)7-9-15/h6-9,14,16-17H,4-5,10-12H2,1-3H3. The van der Waals surface area contributed by atoms with E-state index in [1.807, 2.05) is 19.1 Å². The summed E-state index contributed by atoms with van der Waals surface area (Å²) >= 11 is 0. The van der Waals surface area contributed by atoms with Gasteiger partial charge in [0.25, 0.3) is 0 Å². The van der Waals surface area contributed by atoms with Crippen LogP contribution < -0.4 is 10.6 Å². The van der Waals surface area contributed by atoms with E-state index in [0.29, 0.717) is 17.4 Å². The first-order chi connectivity index (χ1) is 9.45. The van der Waals surface area contributed by atoms with E-state index in [-0.39, 0.29) is 5.75 Å². The molecular formula is C15H26N2O2S. The van der Waals surface area contributed by atoms with Crippen LogP contribution in [0.2, 0.25) is 0 Å². The largest absolute Gasteiger partial charge is 0.315 e. The normalized spacial score (nSPS) is 13.3. The Hall–Kier alpha value is -0.910. The maximum absolute atomic E-state index is 12.1. The van der Waals surface area contributed by atoms with E-state index in [4.69, 9.17) is 0 Å². The minimum absolute atomic E-state index is 0.191. The van der Waals surface area contributed by atoms with E-state index in [0.717, 1.165) is 25.2 Å². The highest BCUT2D eigenvalue weighted by atomic mass is 32.2. The minimum atomic E-state index is -3.15. The van der Waals surface area contributed by atoms with Gasteiger partial charge in [-0.05, 0) is 45.5 Å². The summed E-state index contributed by atoms with van der Waals surface area (Å²) in [5.41, 5.74) is 1.07. The number of nitrogens with one attached hydrogen (secondary N) is 2. The van der Waals surface area contributed by atoms with Crippen molar-refractivity contribution in [1.29, 1.82) is 0 Å². The van der Waals surface area contributed by atoms with Gasteiger partial charge in [-0.2, -0.15) is 0 Å². The molecule has 1 rings (SSSR count). The van der Waals surface area contributed by atoms with Crippen LogP contribution in [0.3, 0.4) is 0 Å². The van der Waals surface area contributed by atoms with Gasteiger partial charge in [0, 0.05) is 12.6 Å². The van der Waals surface area contributed by atoms with Crippen LogP contribution in [0.25, 0.3) is 0 Å². The Kier molecular flexibility index (Phi) is 7.19. The predicted molar refractivity (Wildman–Crippen MR) is 83.9 cm³/mol. The zero-order valence-corrected chi connectivity index (χ0v) is 13.5. The van der Waals surface area contributed by atoms with Crippen molar-refractivity contribution >= 4 is 9.84 Å². The highest BCUT2D eigenvalue weighted by Crippen LogP contribution is 2.12. The van der Waals surface area contributed by atoms with Crippen molar-refractivity contribution in [2.24, 2.45) is 0 Å². The van der Waals surface area contributed by atoms with Crippen molar-refractivity contribution in [2.75, 3.05) is 25.4 Å². The van der Waals surface area contributed by atoms with E-state index in [9.17, 15) is 8.42 Å². The zero-order valence-electron chi connectivity index (χ0n) is 12.6. The van der Waals surface area contributed by atoms with Gasteiger partial charge in [-0.1, -0.05) is 24.6 Å². The molecule has 114 valence electrons. The first kappa shape index (κ1) is 17.1. The van der Waals surface area contributed by atoms with Crippen molar-refractivity contribution in [3.63, 3.8) is 0 Å². The Balaban J connectivity index is 2.35. The van der Waals surface area contributed by atoms with E-state index < -0.39 is 9.84 Å². The Bertz CT molecular complexity index is 483. The molecule has 0 spiro atoms.